The highest BCUT2D eigenvalue weighted by Crippen LogP contribution is 2.24. The Hall–Kier alpha value is -1.26. The monoisotopic (exact) mass is 338 g/mol. The third-order valence-electron chi connectivity index (χ3n) is 4.27. The number of unbranched alkanes of at least 4 members (excludes halogenated alkanes) is 1. The Morgan fingerprint density at radius 1 is 1.39 bits per heavy atom. The van der Waals surface area contributed by atoms with E-state index in [4.69, 9.17) is 16.3 Å². The predicted octanol–water partition coefficient (Wildman–Crippen LogP) is 3.49. The minimum atomic E-state index is -0.548. The number of rotatable bonds is 7. The highest BCUT2D eigenvalue weighted by Gasteiger charge is 2.23. The fraction of sp³-hybridized carbons (Fsp3) is 0.611. The standard InChI is InChI=1S/C18H27ClN2O2/c1-3-4-11-21-12-9-15(10-13-21)20-18(22)14(2)23-17-8-6-5-7-16(17)19/h5-8,14-15H,3-4,9-13H2,1-2H3,(H,20,22)/t14-/m0/s1. The molecule has 4 nitrogen and oxygen atoms in total. The Morgan fingerprint density at radius 2 is 2.09 bits per heavy atom. The smallest absolute Gasteiger partial charge is 0.260 e. The second-order valence-corrected chi connectivity index (χ2v) is 6.58. The molecule has 128 valence electrons. The van der Waals surface area contributed by atoms with Gasteiger partial charge in [-0.3, -0.25) is 4.79 Å². The molecule has 2 rings (SSSR count). The van der Waals surface area contributed by atoms with Crippen LogP contribution in [-0.2, 0) is 4.79 Å². The SMILES string of the molecule is CCCCN1CCC(NC(=O)[C@H](C)Oc2ccccc2Cl)CC1. The van der Waals surface area contributed by atoms with E-state index in [1.807, 2.05) is 12.1 Å². The maximum absolute atomic E-state index is 12.3. The Labute approximate surface area is 144 Å². The van der Waals surface area contributed by atoms with E-state index in [9.17, 15) is 4.79 Å². The molecule has 5 heteroatoms. The molecule has 1 heterocycles. The number of piperidine rings is 1. The number of hydrogen-bond donors (Lipinski definition) is 1. The van der Waals surface area contributed by atoms with Crippen LogP contribution in [0.3, 0.4) is 0 Å². The third kappa shape index (κ3) is 5.70. The molecule has 1 atom stereocenters. The summed E-state index contributed by atoms with van der Waals surface area (Å²) >= 11 is 6.06. The van der Waals surface area contributed by atoms with Crippen molar-refractivity contribution in [3.63, 3.8) is 0 Å². The van der Waals surface area contributed by atoms with E-state index in [2.05, 4.69) is 17.1 Å². The van der Waals surface area contributed by atoms with E-state index in [0.29, 0.717) is 10.8 Å². The van der Waals surface area contributed by atoms with Gasteiger partial charge in [0.25, 0.3) is 5.91 Å². The van der Waals surface area contributed by atoms with Gasteiger partial charge >= 0.3 is 0 Å². The summed E-state index contributed by atoms with van der Waals surface area (Å²) in [5.41, 5.74) is 0. The van der Waals surface area contributed by atoms with E-state index in [0.717, 1.165) is 25.9 Å². The van der Waals surface area contributed by atoms with Gasteiger partial charge in [0.1, 0.15) is 5.75 Å². The van der Waals surface area contributed by atoms with Gasteiger partial charge < -0.3 is 15.0 Å². The highest BCUT2D eigenvalue weighted by molar-refractivity contribution is 6.32. The Bertz CT molecular complexity index is 502. The first-order chi connectivity index (χ1) is 11.1. The molecule has 1 aromatic carbocycles. The fourth-order valence-electron chi connectivity index (χ4n) is 2.79. The molecular formula is C18H27ClN2O2. The molecular weight excluding hydrogens is 312 g/mol. The van der Waals surface area contributed by atoms with Gasteiger partial charge in [-0.05, 0) is 44.9 Å². The molecule has 0 saturated carbocycles. The molecule has 0 aromatic heterocycles. The number of halogens is 1. The number of likely N-dealkylation sites (tertiary alicyclic amines) is 1. The maximum Gasteiger partial charge on any atom is 0.260 e. The summed E-state index contributed by atoms with van der Waals surface area (Å²) in [6.45, 7) is 7.26. The molecule has 0 bridgehead atoms. The van der Waals surface area contributed by atoms with Crippen molar-refractivity contribution < 1.29 is 9.53 Å². The molecule has 1 aliphatic rings. The highest BCUT2D eigenvalue weighted by atomic mass is 35.5. The fourth-order valence-corrected chi connectivity index (χ4v) is 2.97. The van der Waals surface area contributed by atoms with Crippen molar-refractivity contribution in [2.75, 3.05) is 19.6 Å². The number of benzene rings is 1. The lowest BCUT2D eigenvalue weighted by atomic mass is 10.0. The molecule has 0 aliphatic carbocycles. The van der Waals surface area contributed by atoms with Gasteiger partial charge in [-0.1, -0.05) is 37.1 Å². The van der Waals surface area contributed by atoms with Gasteiger partial charge in [-0.15, -0.1) is 0 Å². The quantitative estimate of drug-likeness (QED) is 0.827. The average molecular weight is 339 g/mol. The first-order valence-corrected chi connectivity index (χ1v) is 8.92. The minimum absolute atomic E-state index is 0.0723. The lowest BCUT2D eigenvalue weighted by molar-refractivity contribution is -0.128. The summed E-state index contributed by atoms with van der Waals surface area (Å²) in [5, 5.41) is 3.63. The van der Waals surface area contributed by atoms with Crippen LogP contribution in [0.15, 0.2) is 24.3 Å². The summed E-state index contributed by atoms with van der Waals surface area (Å²) < 4.78 is 5.67. The first-order valence-electron chi connectivity index (χ1n) is 8.54. The summed E-state index contributed by atoms with van der Waals surface area (Å²) in [7, 11) is 0. The van der Waals surface area contributed by atoms with Gasteiger partial charge in [0, 0.05) is 19.1 Å². The summed E-state index contributed by atoms with van der Waals surface area (Å²) in [6, 6.07) is 7.47. The zero-order valence-electron chi connectivity index (χ0n) is 14.1. The van der Waals surface area contributed by atoms with Gasteiger partial charge in [-0.2, -0.15) is 0 Å². The van der Waals surface area contributed by atoms with Crippen LogP contribution < -0.4 is 10.1 Å². The number of nitrogens with one attached hydrogen (secondary N) is 1. The van der Waals surface area contributed by atoms with Gasteiger partial charge in [0.05, 0.1) is 5.02 Å². The van der Waals surface area contributed by atoms with Crippen molar-refractivity contribution in [1.82, 2.24) is 10.2 Å². The second-order valence-electron chi connectivity index (χ2n) is 6.17. The number of carbonyl (C=O) groups is 1. The van der Waals surface area contributed by atoms with Gasteiger partial charge in [-0.25, -0.2) is 0 Å². The molecule has 0 radical (unpaired) electrons. The van der Waals surface area contributed by atoms with E-state index in [1.54, 1.807) is 19.1 Å². The van der Waals surface area contributed by atoms with Crippen molar-refractivity contribution in [1.29, 1.82) is 0 Å². The van der Waals surface area contributed by atoms with Crippen LogP contribution in [0.1, 0.15) is 39.5 Å². The van der Waals surface area contributed by atoms with Crippen LogP contribution in [0.5, 0.6) is 5.75 Å². The van der Waals surface area contributed by atoms with E-state index in [1.165, 1.54) is 19.4 Å². The molecule has 1 aromatic rings. The second kappa shape index (κ2) is 9.14. The summed E-state index contributed by atoms with van der Waals surface area (Å²) in [6.07, 6.45) is 3.95. The molecule has 1 aliphatic heterocycles. The van der Waals surface area contributed by atoms with Gasteiger partial charge in [0.15, 0.2) is 6.10 Å². The normalized spacial score (nSPS) is 17.7. The Kier molecular flexibility index (Phi) is 7.18. The summed E-state index contributed by atoms with van der Waals surface area (Å²) in [4.78, 5) is 14.8. The zero-order chi connectivity index (χ0) is 16.7. The largest absolute Gasteiger partial charge is 0.479 e. The van der Waals surface area contributed by atoms with Crippen molar-refractivity contribution in [2.24, 2.45) is 0 Å². The van der Waals surface area contributed by atoms with E-state index in [-0.39, 0.29) is 11.9 Å². The van der Waals surface area contributed by atoms with E-state index >= 15 is 0 Å². The number of carbonyl (C=O) groups excluding carboxylic acids is 1. The van der Waals surface area contributed by atoms with Crippen LogP contribution in [0.2, 0.25) is 5.02 Å². The van der Waals surface area contributed by atoms with Crippen LogP contribution >= 0.6 is 11.6 Å². The number of ether oxygens (including phenoxy) is 1. The lowest BCUT2D eigenvalue weighted by Crippen LogP contribution is -2.48. The Morgan fingerprint density at radius 3 is 2.74 bits per heavy atom. The van der Waals surface area contributed by atoms with Crippen molar-refractivity contribution in [3.05, 3.63) is 29.3 Å². The topological polar surface area (TPSA) is 41.6 Å². The number of nitrogens with zero attached hydrogens (tertiary/aromatic N) is 1. The van der Waals surface area contributed by atoms with Crippen LogP contribution in [0, 0.1) is 0 Å². The lowest BCUT2D eigenvalue weighted by Gasteiger charge is -2.32. The van der Waals surface area contributed by atoms with Crippen molar-refractivity contribution >= 4 is 17.5 Å². The summed E-state index contributed by atoms with van der Waals surface area (Å²) in [5.74, 6) is 0.475. The van der Waals surface area contributed by atoms with Gasteiger partial charge in [0.2, 0.25) is 0 Å². The third-order valence-corrected chi connectivity index (χ3v) is 4.58. The van der Waals surface area contributed by atoms with Crippen molar-refractivity contribution in [2.45, 2.75) is 51.7 Å². The molecule has 1 N–H and O–H groups in total. The number of para-hydroxylation sites is 1. The molecule has 0 unspecified atom stereocenters. The minimum Gasteiger partial charge on any atom is -0.479 e. The molecule has 1 fully saturated rings. The number of hydrogen-bond acceptors (Lipinski definition) is 3. The zero-order valence-corrected chi connectivity index (χ0v) is 14.8. The van der Waals surface area contributed by atoms with E-state index < -0.39 is 6.10 Å². The average Bonchev–Trinajstić information content (AvgIpc) is 2.56. The molecule has 23 heavy (non-hydrogen) atoms. The van der Waals surface area contributed by atoms with Crippen molar-refractivity contribution in [3.8, 4) is 5.75 Å². The first kappa shape index (κ1) is 18.1. The number of amides is 1. The maximum atomic E-state index is 12.3. The van der Waals surface area contributed by atoms with Crippen LogP contribution in [0.4, 0.5) is 0 Å². The predicted molar refractivity (Wildman–Crippen MR) is 94.1 cm³/mol. The molecule has 1 amide bonds. The Balaban J connectivity index is 1.75. The van der Waals surface area contributed by atoms with Crippen LogP contribution in [-0.4, -0.2) is 42.6 Å². The van der Waals surface area contributed by atoms with Crippen LogP contribution in [0.25, 0.3) is 0 Å². The molecule has 1 saturated heterocycles. The molecule has 0 spiro atoms.